The first-order chi connectivity index (χ1) is 12.7. The van der Waals surface area contributed by atoms with E-state index in [0.29, 0.717) is 19.1 Å². The molecule has 2 heterocycles. The number of likely N-dealkylation sites (tertiary alicyclic amines) is 1. The zero-order valence-electron chi connectivity index (χ0n) is 16.0. The second-order valence-corrected chi connectivity index (χ2v) is 7.62. The second-order valence-electron chi connectivity index (χ2n) is 7.62. The van der Waals surface area contributed by atoms with E-state index >= 15 is 0 Å². The van der Waals surface area contributed by atoms with Crippen LogP contribution < -0.4 is 10.6 Å². The molecule has 0 spiro atoms. The minimum atomic E-state index is 0. The number of hydrogen-bond donors (Lipinski definition) is 2. The van der Waals surface area contributed by atoms with Crippen molar-refractivity contribution in [2.45, 2.75) is 44.3 Å². The van der Waals surface area contributed by atoms with E-state index in [4.69, 9.17) is 0 Å². The van der Waals surface area contributed by atoms with Gasteiger partial charge in [-0.1, -0.05) is 24.3 Å². The SMILES string of the molecule is CN=C(NCC(=O)N1CCc2ccccc2C1)NC1CCN(C2CC2)C1.I. The van der Waals surface area contributed by atoms with Crippen LogP contribution in [0.25, 0.3) is 0 Å². The average Bonchev–Trinajstić information content (AvgIpc) is 3.43. The van der Waals surface area contributed by atoms with Gasteiger partial charge in [-0.3, -0.25) is 14.7 Å². The van der Waals surface area contributed by atoms with Crippen LogP contribution >= 0.6 is 24.0 Å². The normalized spacial score (nSPS) is 22.8. The van der Waals surface area contributed by atoms with Crippen molar-refractivity contribution in [3.8, 4) is 0 Å². The number of hydrogen-bond acceptors (Lipinski definition) is 3. The lowest BCUT2D eigenvalue weighted by Gasteiger charge is -2.29. The molecule has 3 aliphatic rings. The molecule has 1 saturated heterocycles. The van der Waals surface area contributed by atoms with Gasteiger partial charge in [-0.25, -0.2) is 0 Å². The molecule has 0 aromatic heterocycles. The Bertz CT molecular complexity index is 691. The molecule has 6 nitrogen and oxygen atoms in total. The van der Waals surface area contributed by atoms with Crippen LogP contribution in [0.3, 0.4) is 0 Å². The standard InChI is InChI=1S/C20H29N5O.HI/c1-21-20(23-17-9-11-24(14-17)18-6-7-18)22-12-19(26)25-10-8-15-4-2-3-5-16(15)13-25;/h2-5,17-18H,6-14H2,1H3,(H2,21,22,23);1H. The van der Waals surface area contributed by atoms with E-state index < -0.39 is 0 Å². The predicted octanol–water partition coefficient (Wildman–Crippen LogP) is 1.59. The fourth-order valence-corrected chi connectivity index (χ4v) is 4.04. The summed E-state index contributed by atoms with van der Waals surface area (Å²) in [4.78, 5) is 21.4. The van der Waals surface area contributed by atoms with Crippen molar-refractivity contribution in [3.63, 3.8) is 0 Å². The molecular weight excluding hydrogens is 453 g/mol. The van der Waals surface area contributed by atoms with Crippen molar-refractivity contribution >= 4 is 35.8 Å². The molecule has 1 aromatic rings. The zero-order valence-corrected chi connectivity index (χ0v) is 18.3. The molecule has 2 fully saturated rings. The predicted molar refractivity (Wildman–Crippen MR) is 118 cm³/mol. The first kappa shape index (κ1) is 20.4. The minimum absolute atomic E-state index is 0. The molecule has 1 unspecified atom stereocenters. The van der Waals surface area contributed by atoms with E-state index in [2.05, 4.69) is 38.7 Å². The molecule has 0 radical (unpaired) electrons. The maximum atomic E-state index is 12.6. The van der Waals surface area contributed by atoms with Crippen LogP contribution in [0.2, 0.25) is 0 Å². The molecular formula is C20H30IN5O. The van der Waals surface area contributed by atoms with Gasteiger partial charge in [-0.05, 0) is 36.8 Å². The molecule has 0 bridgehead atoms. The number of carbonyl (C=O) groups is 1. The average molecular weight is 483 g/mol. The van der Waals surface area contributed by atoms with E-state index in [-0.39, 0.29) is 29.9 Å². The molecule has 27 heavy (non-hydrogen) atoms. The maximum absolute atomic E-state index is 12.6. The Kier molecular flexibility index (Phi) is 6.97. The van der Waals surface area contributed by atoms with Crippen molar-refractivity contribution in [3.05, 3.63) is 35.4 Å². The number of carbonyl (C=O) groups excluding carboxylic acids is 1. The highest BCUT2D eigenvalue weighted by Crippen LogP contribution is 2.29. The largest absolute Gasteiger partial charge is 0.352 e. The summed E-state index contributed by atoms with van der Waals surface area (Å²) in [5.41, 5.74) is 2.63. The second kappa shape index (κ2) is 9.23. The summed E-state index contributed by atoms with van der Waals surface area (Å²) < 4.78 is 0. The molecule has 2 N–H and O–H groups in total. The Balaban J connectivity index is 0.00000210. The van der Waals surface area contributed by atoms with Gasteiger partial charge in [0, 0.05) is 45.3 Å². The van der Waals surface area contributed by atoms with Crippen LogP contribution in [0.5, 0.6) is 0 Å². The lowest BCUT2D eigenvalue weighted by molar-refractivity contribution is -0.130. The van der Waals surface area contributed by atoms with Crippen LogP contribution in [0.15, 0.2) is 29.3 Å². The summed E-state index contributed by atoms with van der Waals surface area (Å²) in [5.74, 6) is 0.867. The Morgan fingerprint density at radius 1 is 1.19 bits per heavy atom. The number of fused-ring (bicyclic) bond motifs is 1. The summed E-state index contributed by atoms with van der Waals surface area (Å²) >= 11 is 0. The first-order valence-corrected chi connectivity index (χ1v) is 9.78. The molecule has 148 valence electrons. The Morgan fingerprint density at radius 3 is 2.70 bits per heavy atom. The monoisotopic (exact) mass is 483 g/mol. The Hall–Kier alpha value is -1.35. The van der Waals surface area contributed by atoms with Crippen molar-refractivity contribution in [2.24, 2.45) is 4.99 Å². The lowest BCUT2D eigenvalue weighted by atomic mass is 10.00. The van der Waals surface area contributed by atoms with Crippen LogP contribution in [0.4, 0.5) is 0 Å². The first-order valence-electron chi connectivity index (χ1n) is 9.78. The van der Waals surface area contributed by atoms with Crippen molar-refractivity contribution in [1.29, 1.82) is 0 Å². The van der Waals surface area contributed by atoms with Crippen LogP contribution in [0.1, 0.15) is 30.4 Å². The van der Waals surface area contributed by atoms with E-state index in [0.717, 1.165) is 37.9 Å². The third-order valence-corrected chi connectivity index (χ3v) is 5.74. The minimum Gasteiger partial charge on any atom is -0.352 e. The van der Waals surface area contributed by atoms with E-state index in [1.807, 2.05) is 11.0 Å². The fraction of sp³-hybridized carbons (Fsp3) is 0.600. The summed E-state index contributed by atoms with van der Waals surface area (Å²) in [7, 11) is 1.77. The molecule has 4 rings (SSSR count). The lowest BCUT2D eigenvalue weighted by Crippen LogP contribution is -2.49. The molecule has 1 aliphatic carbocycles. The van der Waals surface area contributed by atoms with Crippen molar-refractivity contribution < 1.29 is 4.79 Å². The Morgan fingerprint density at radius 2 is 1.96 bits per heavy atom. The van der Waals surface area contributed by atoms with Gasteiger partial charge in [0.25, 0.3) is 0 Å². The number of amides is 1. The molecule has 1 aromatic carbocycles. The topological polar surface area (TPSA) is 60.0 Å². The van der Waals surface area contributed by atoms with E-state index in [1.54, 1.807) is 7.05 Å². The van der Waals surface area contributed by atoms with Crippen LogP contribution in [-0.4, -0.2) is 67.0 Å². The summed E-state index contributed by atoms with van der Waals surface area (Å²) in [6.07, 6.45) is 4.79. The molecule has 1 atom stereocenters. The quantitative estimate of drug-likeness (QED) is 0.388. The van der Waals surface area contributed by atoms with E-state index in [9.17, 15) is 4.79 Å². The highest BCUT2D eigenvalue weighted by Gasteiger charge is 2.34. The highest BCUT2D eigenvalue weighted by molar-refractivity contribution is 14.0. The van der Waals surface area contributed by atoms with Crippen LogP contribution in [0, 0.1) is 0 Å². The molecule has 1 saturated carbocycles. The van der Waals surface area contributed by atoms with Gasteiger partial charge < -0.3 is 15.5 Å². The summed E-state index contributed by atoms with van der Waals surface area (Å²) in [5, 5.41) is 6.68. The molecule has 7 heteroatoms. The third-order valence-electron chi connectivity index (χ3n) is 5.74. The molecule has 1 amide bonds. The number of rotatable bonds is 4. The van der Waals surface area contributed by atoms with Gasteiger partial charge in [0.1, 0.15) is 0 Å². The smallest absolute Gasteiger partial charge is 0.242 e. The summed E-state index contributed by atoms with van der Waals surface area (Å²) in [6.45, 7) is 4.05. The van der Waals surface area contributed by atoms with Crippen molar-refractivity contribution in [2.75, 3.05) is 33.2 Å². The van der Waals surface area contributed by atoms with Gasteiger partial charge in [-0.2, -0.15) is 0 Å². The number of nitrogens with zero attached hydrogens (tertiary/aromatic N) is 3. The number of guanidine groups is 1. The van der Waals surface area contributed by atoms with Gasteiger partial charge in [0.2, 0.25) is 5.91 Å². The number of benzene rings is 1. The highest BCUT2D eigenvalue weighted by atomic mass is 127. The zero-order chi connectivity index (χ0) is 17.9. The number of aliphatic imine (C=N–C) groups is 1. The van der Waals surface area contributed by atoms with Gasteiger partial charge in [0.15, 0.2) is 5.96 Å². The van der Waals surface area contributed by atoms with Crippen LogP contribution in [-0.2, 0) is 17.8 Å². The molecule has 2 aliphatic heterocycles. The van der Waals surface area contributed by atoms with Gasteiger partial charge in [-0.15, -0.1) is 24.0 Å². The summed E-state index contributed by atoms with van der Waals surface area (Å²) in [6, 6.07) is 9.64. The van der Waals surface area contributed by atoms with E-state index in [1.165, 1.54) is 30.5 Å². The third kappa shape index (κ3) is 5.13. The van der Waals surface area contributed by atoms with Crippen molar-refractivity contribution in [1.82, 2.24) is 20.4 Å². The number of nitrogens with one attached hydrogen (secondary N) is 2. The number of halogens is 1. The van der Waals surface area contributed by atoms with Gasteiger partial charge >= 0.3 is 0 Å². The maximum Gasteiger partial charge on any atom is 0.242 e. The van der Waals surface area contributed by atoms with Gasteiger partial charge in [0.05, 0.1) is 6.54 Å². The fourth-order valence-electron chi connectivity index (χ4n) is 4.04. The Labute approximate surface area is 178 Å².